The molecular formula is C17H25FN2O3. The summed E-state index contributed by atoms with van der Waals surface area (Å²) in [6, 6.07) is 6.19. The van der Waals surface area contributed by atoms with Crippen LogP contribution in [0.15, 0.2) is 24.3 Å². The van der Waals surface area contributed by atoms with Gasteiger partial charge in [0.2, 0.25) is 0 Å². The average molecular weight is 324 g/mol. The van der Waals surface area contributed by atoms with Crippen molar-refractivity contribution < 1.29 is 19.0 Å². The van der Waals surface area contributed by atoms with Crippen LogP contribution in [-0.2, 0) is 10.2 Å². The largest absolute Gasteiger partial charge is 0.388 e. The van der Waals surface area contributed by atoms with Gasteiger partial charge in [-0.2, -0.15) is 0 Å². The number of benzene rings is 1. The molecule has 2 rings (SSSR count). The average Bonchev–Trinajstić information content (AvgIpc) is 2.52. The van der Waals surface area contributed by atoms with Crippen LogP contribution in [0.2, 0.25) is 0 Å². The first-order chi connectivity index (χ1) is 10.8. The molecule has 0 spiro atoms. The quantitative estimate of drug-likeness (QED) is 0.775. The van der Waals surface area contributed by atoms with Crippen molar-refractivity contribution in [2.24, 2.45) is 0 Å². The minimum atomic E-state index is -0.906. The summed E-state index contributed by atoms with van der Waals surface area (Å²) >= 11 is 0. The van der Waals surface area contributed by atoms with Crippen molar-refractivity contribution in [2.75, 3.05) is 26.3 Å². The summed E-state index contributed by atoms with van der Waals surface area (Å²) < 4.78 is 19.1. The van der Waals surface area contributed by atoms with Crippen LogP contribution >= 0.6 is 0 Å². The molecule has 0 bridgehead atoms. The Bertz CT molecular complexity index is 542. The summed E-state index contributed by atoms with van der Waals surface area (Å²) in [6.07, 6.45) is 1.02. The second-order valence-corrected chi connectivity index (χ2v) is 6.74. The van der Waals surface area contributed by atoms with Crippen molar-refractivity contribution in [3.63, 3.8) is 0 Å². The van der Waals surface area contributed by atoms with Gasteiger partial charge in [0.05, 0.1) is 5.60 Å². The van der Waals surface area contributed by atoms with Crippen molar-refractivity contribution in [1.82, 2.24) is 10.6 Å². The third kappa shape index (κ3) is 4.91. The minimum Gasteiger partial charge on any atom is -0.388 e. The van der Waals surface area contributed by atoms with Crippen molar-refractivity contribution in [3.8, 4) is 0 Å². The molecule has 1 heterocycles. The lowest BCUT2D eigenvalue weighted by atomic mass is 9.84. The van der Waals surface area contributed by atoms with Gasteiger partial charge in [0, 0.05) is 44.6 Å². The van der Waals surface area contributed by atoms with Crippen LogP contribution in [0.4, 0.5) is 9.18 Å². The van der Waals surface area contributed by atoms with Crippen LogP contribution in [0.1, 0.15) is 32.3 Å². The number of hydrogen-bond donors (Lipinski definition) is 3. The van der Waals surface area contributed by atoms with Gasteiger partial charge in [0.1, 0.15) is 5.82 Å². The van der Waals surface area contributed by atoms with E-state index >= 15 is 0 Å². The number of halogens is 1. The van der Waals surface area contributed by atoms with Gasteiger partial charge in [-0.05, 0) is 11.6 Å². The molecule has 1 aromatic carbocycles. The number of rotatable bonds is 5. The first kappa shape index (κ1) is 17.7. The summed E-state index contributed by atoms with van der Waals surface area (Å²) in [6.45, 7) is 5.22. The molecule has 23 heavy (non-hydrogen) atoms. The molecule has 1 fully saturated rings. The van der Waals surface area contributed by atoms with E-state index in [1.54, 1.807) is 18.2 Å². The van der Waals surface area contributed by atoms with Crippen molar-refractivity contribution in [2.45, 2.75) is 37.7 Å². The normalized spacial score (nSPS) is 17.6. The fourth-order valence-corrected chi connectivity index (χ4v) is 2.64. The number of carbonyl (C=O) groups is 1. The van der Waals surface area contributed by atoms with E-state index in [2.05, 4.69) is 10.6 Å². The van der Waals surface area contributed by atoms with E-state index in [1.807, 2.05) is 13.8 Å². The zero-order valence-electron chi connectivity index (χ0n) is 13.7. The van der Waals surface area contributed by atoms with Gasteiger partial charge in [0.25, 0.3) is 0 Å². The van der Waals surface area contributed by atoms with Crippen LogP contribution in [0.25, 0.3) is 0 Å². The molecule has 0 unspecified atom stereocenters. The summed E-state index contributed by atoms with van der Waals surface area (Å²) in [5.41, 5.74) is -0.877. The Morgan fingerprint density at radius 3 is 2.61 bits per heavy atom. The van der Waals surface area contributed by atoms with E-state index in [0.717, 1.165) is 0 Å². The zero-order valence-corrected chi connectivity index (χ0v) is 13.7. The number of amides is 2. The first-order valence-electron chi connectivity index (χ1n) is 7.89. The van der Waals surface area contributed by atoms with Crippen LogP contribution in [0, 0.1) is 5.82 Å². The smallest absolute Gasteiger partial charge is 0.314 e. The molecule has 0 atom stereocenters. The Hall–Kier alpha value is -1.66. The van der Waals surface area contributed by atoms with Crippen molar-refractivity contribution in [1.29, 1.82) is 0 Å². The maximum Gasteiger partial charge on any atom is 0.314 e. The topological polar surface area (TPSA) is 70.6 Å². The van der Waals surface area contributed by atoms with Gasteiger partial charge >= 0.3 is 6.03 Å². The molecular weight excluding hydrogens is 299 g/mol. The minimum absolute atomic E-state index is 0.183. The predicted octanol–water partition coefficient (Wildman–Crippen LogP) is 1.94. The van der Waals surface area contributed by atoms with Gasteiger partial charge in [-0.1, -0.05) is 32.0 Å². The Morgan fingerprint density at radius 2 is 1.96 bits per heavy atom. The second kappa shape index (κ2) is 7.27. The lowest BCUT2D eigenvalue weighted by Gasteiger charge is -2.32. The Morgan fingerprint density at radius 1 is 1.30 bits per heavy atom. The van der Waals surface area contributed by atoms with Crippen LogP contribution in [-0.4, -0.2) is 43.0 Å². The highest BCUT2D eigenvalue weighted by Crippen LogP contribution is 2.24. The fourth-order valence-electron chi connectivity index (χ4n) is 2.64. The van der Waals surface area contributed by atoms with E-state index in [-0.39, 0.29) is 18.4 Å². The van der Waals surface area contributed by atoms with E-state index in [0.29, 0.717) is 38.2 Å². The number of nitrogens with one attached hydrogen (secondary N) is 2. The maximum absolute atomic E-state index is 13.9. The van der Waals surface area contributed by atoms with Gasteiger partial charge in [-0.25, -0.2) is 9.18 Å². The Balaban J connectivity index is 1.83. The van der Waals surface area contributed by atoms with Gasteiger partial charge in [-0.15, -0.1) is 0 Å². The van der Waals surface area contributed by atoms with Gasteiger partial charge in [-0.3, -0.25) is 0 Å². The molecule has 0 aliphatic carbocycles. The summed E-state index contributed by atoms with van der Waals surface area (Å²) in [5.74, 6) is -0.281. The molecule has 5 nitrogen and oxygen atoms in total. The highest BCUT2D eigenvalue weighted by Gasteiger charge is 2.30. The number of aliphatic hydroxyl groups is 1. The lowest BCUT2D eigenvalue weighted by Crippen LogP contribution is -2.50. The molecule has 2 amide bonds. The molecule has 0 saturated carbocycles. The molecule has 3 N–H and O–H groups in total. The zero-order chi connectivity index (χ0) is 16.9. The fraction of sp³-hybridized carbons (Fsp3) is 0.588. The highest BCUT2D eigenvalue weighted by atomic mass is 19.1. The third-order valence-corrected chi connectivity index (χ3v) is 4.30. The van der Waals surface area contributed by atoms with Crippen molar-refractivity contribution >= 4 is 6.03 Å². The number of hydrogen-bond acceptors (Lipinski definition) is 3. The van der Waals surface area contributed by atoms with E-state index in [9.17, 15) is 14.3 Å². The third-order valence-electron chi connectivity index (χ3n) is 4.30. The molecule has 1 aliphatic heterocycles. The predicted molar refractivity (Wildman–Crippen MR) is 85.8 cm³/mol. The monoisotopic (exact) mass is 324 g/mol. The van der Waals surface area contributed by atoms with Gasteiger partial charge < -0.3 is 20.5 Å². The van der Waals surface area contributed by atoms with E-state index in [1.165, 1.54) is 6.07 Å². The molecule has 1 aromatic rings. The standard InChI is InChI=1S/C17H25FN2O3/c1-16(2,13-5-3-4-6-14(13)18)11-19-15(21)20-12-17(22)7-9-23-10-8-17/h3-6,22H,7-12H2,1-2H3,(H2,19,20,21). The molecule has 0 aromatic heterocycles. The van der Waals surface area contributed by atoms with Gasteiger partial charge in [0.15, 0.2) is 0 Å². The Kier molecular flexibility index (Phi) is 5.59. The molecule has 1 aliphatic rings. The van der Waals surface area contributed by atoms with E-state index < -0.39 is 11.0 Å². The first-order valence-corrected chi connectivity index (χ1v) is 7.89. The lowest BCUT2D eigenvalue weighted by molar-refractivity contribution is -0.0600. The SMILES string of the molecule is CC(C)(CNC(=O)NCC1(O)CCOCC1)c1ccccc1F. The van der Waals surface area contributed by atoms with E-state index in [4.69, 9.17) is 4.74 Å². The molecule has 0 radical (unpaired) electrons. The van der Waals surface area contributed by atoms with Crippen molar-refractivity contribution in [3.05, 3.63) is 35.6 Å². The molecule has 128 valence electrons. The summed E-state index contributed by atoms with van der Waals surface area (Å²) in [7, 11) is 0. The number of carbonyl (C=O) groups excluding carboxylic acids is 1. The summed E-state index contributed by atoms with van der Waals surface area (Å²) in [4.78, 5) is 11.9. The molecule has 6 heteroatoms. The Labute approximate surface area is 136 Å². The summed E-state index contributed by atoms with van der Waals surface area (Å²) in [5, 5.41) is 15.7. The molecule has 1 saturated heterocycles. The van der Waals surface area contributed by atoms with Crippen LogP contribution in [0.5, 0.6) is 0 Å². The second-order valence-electron chi connectivity index (χ2n) is 6.74. The number of urea groups is 1. The number of ether oxygens (including phenoxy) is 1. The highest BCUT2D eigenvalue weighted by molar-refractivity contribution is 5.74. The van der Waals surface area contributed by atoms with Crippen LogP contribution < -0.4 is 10.6 Å². The maximum atomic E-state index is 13.9. The van der Waals surface area contributed by atoms with Crippen LogP contribution in [0.3, 0.4) is 0 Å².